The molecule has 4 rings (SSSR count). The van der Waals surface area contributed by atoms with E-state index in [0.29, 0.717) is 40.1 Å². The van der Waals surface area contributed by atoms with Crippen LogP contribution >= 0.6 is 0 Å². The summed E-state index contributed by atoms with van der Waals surface area (Å²) in [4.78, 5) is 12.8. The number of aromatic nitrogens is 6. The van der Waals surface area contributed by atoms with Crippen molar-refractivity contribution in [2.75, 3.05) is 33.2 Å². The van der Waals surface area contributed by atoms with Crippen molar-refractivity contribution in [1.82, 2.24) is 29.7 Å². The predicted molar refractivity (Wildman–Crippen MR) is 143 cm³/mol. The molecule has 14 heteroatoms. The minimum Gasteiger partial charge on any atom is -0.494 e. The Kier molecular flexibility index (Phi) is 8.26. The van der Waals surface area contributed by atoms with Gasteiger partial charge in [-0.05, 0) is 32.0 Å². The molecule has 2 atom stereocenters. The molecule has 1 N–H and O–H groups in total. The second kappa shape index (κ2) is 11.6. The van der Waals surface area contributed by atoms with E-state index in [1.54, 1.807) is 43.3 Å². The number of nitrogens with one attached hydrogen (secondary N) is 1. The fourth-order valence-corrected chi connectivity index (χ4v) is 5.13. The number of anilines is 1. The molecule has 0 aliphatic heterocycles. The zero-order valence-corrected chi connectivity index (χ0v) is 23.1. The lowest BCUT2D eigenvalue weighted by molar-refractivity contribution is 0.102. The van der Waals surface area contributed by atoms with Crippen LogP contribution in [0, 0.1) is 6.92 Å². The van der Waals surface area contributed by atoms with Crippen LogP contribution in [0.1, 0.15) is 24.4 Å². The van der Waals surface area contributed by atoms with Gasteiger partial charge in [0.15, 0.2) is 5.82 Å². The van der Waals surface area contributed by atoms with Crippen molar-refractivity contribution in [2.24, 2.45) is 0 Å². The van der Waals surface area contributed by atoms with E-state index in [2.05, 4.69) is 29.9 Å². The van der Waals surface area contributed by atoms with Crippen LogP contribution < -0.4 is 18.9 Å². The number of pyridine rings is 1. The summed E-state index contributed by atoms with van der Waals surface area (Å²) in [6.45, 7) is 3.26. The van der Waals surface area contributed by atoms with Crippen molar-refractivity contribution in [3.05, 3.63) is 60.2 Å². The molecule has 3 heterocycles. The van der Waals surface area contributed by atoms with E-state index in [-0.39, 0.29) is 11.8 Å². The van der Waals surface area contributed by atoms with Crippen molar-refractivity contribution in [2.45, 2.75) is 25.2 Å². The fraction of sp³-hybridized carbons (Fsp3) is 0.320. The summed E-state index contributed by atoms with van der Waals surface area (Å²) in [5, 5.41) is 7.38. The number of benzene rings is 1. The molecule has 1 aromatic carbocycles. The third kappa shape index (κ3) is 5.61. The highest BCUT2D eigenvalue weighted by molar-refractivity contribution is 7.93. The molecule has 3 aromatic heterocycles. The first kappa shape index (κ1) is 27.7. The molecule has 0 aliphatic carbocycles. The van der Waals surface area contributed by atoms with Crippen LogP contribution in [0.25, 0.3) is 17.2 Å². The lowest BCUT2D eigenvalue weighted by Gasteiger charge is -2.23. The quantitative estimate of drug-likeness (QED) is 0.291. The normalized spacial score (nSPS) is 13.0. The van der Waals surface area contributed by atoms with E-state index >= 15 is 0 Å². The average molecular weight is 556 g/mol. The van der Waals surface area contributed by atoms with E-state index in [9.17, 15) is 8.42 Å². The Morgan fingerprint density at radius 3 is 2.13 bits per heavy atom. The Morgan fingerprint density at radius 2 is 1.54 bits per heavy atom. The van der Waals surface area contributed by atoms with Gasteiger partial charge in [-0.2, -0.15) is 0 Å². The molecule has 0 aliphatic rings. The molecular weight excluding hydrogens is 526 g/mol. The summed E-state index contributed by atoms with van der Waals surface area (Å²) in [7, 11) is 1.78. The second-order valence-electron chi connectivity index (χ2n) is 8.33. The summed E-state index contributed by atoms with van der Waals surface area (Å²) < 4.78 is 53.4. The third-order valence-electron chi connectivity index (χ3n) is 5.98. The standard InChI is InChI=1S/C25H29N7O6S/c1-15(23(38-6)17-13-26-16(2)27-14-17)39(33,34)31-25-30-29-24(18-9-7-12-21(28-18)37-5)32(25)22-19(35-3)10-8-11-20(22)36-4/h7-15,23H,1-6H3,(H,30,31)/t15-,23-/m1/s1. The molecule has 0 fully saturated rings. The summed E-state index contributed by atoms with van der Waals surface area (Å²) in [6.07, 6.45) is 2.22. The van der Waals surface area contributed by atoms with Gasteiger partial charge in [0.1, 0.15) is 40.1 Å². The number of aryl methyl sites for hydroxylation is 1. The monoisotopic (exact) mass is 555 g/mol. The maximum Gasteiger partial charge on any atom is 0.243 e. The number of ether oxygens (including phenoxy) is 4. The van der Waals surface area contributed by atoms with E-state index in [1.807, 2.05) is 0 Å². The highest BCUT2D eigenvalue weighted by atomic mass is 32.2. The molecule has 0 bridgehead atoms. The SMILES string of the molecule is COc1cccc(-c2nnc(NS(=O)(=O)[C@H](C)[C@@H](OC)c3cnc(C)nc3)n2-c2c(OC)cccc2OC)n1. The first-order valence-electron chi connectivity index (χ1n) is 11.7. The summed E-state index contributed by atoms with van der Waals surface area (Å²) in [5.41, 5.74) is 1.25. The fourth-order valence-electron chi connectivity index (χ4n) is 3.96. The summed E-state index contributed by atoms with van der Waals surface area (Å²) in [6, 6.07) is 10.3. The highest BCUT2D eigenvalue weighted by Gasteiger charge is 2.34. The first-order valence-corrected chi connectivity index (χ1v) is 13.3. The topological polar surface area (TPSA) is 152 Å². The maximum atomic E-state index is 13.7. The molecule has 0 saturated carbocycles. The zero-order valence-electron chi connectivity index (χ0n) is 22.3. The molecule has 13 nitrogen and oxygen atoms in total. The van der Waals surface area contributed by atoms with Crippen LogP contribution in [0.5, 0.6) is 17.4 Å². The summed E-state index contributed by atoms with van der Waals surface area (Å²) >= 11 is 0. The largest absolute Gasteiger partial charge is 0.494 e. The van der Waals surface area contributed by atoms with Crippen LogP contribution in [0.3, 0.4) is 0 Å². The van der Waals surface area contributed by atoms with Crippen LogP contribution in [0.15, 0.2) is 48.8 Å². The highest BCUT2D eigenvalue weighted by Crippen LogP contribution is 2.38. The van der Waals surface area contributed by atoms with Gasteiger partial charge in [-0.25, -0.2) is 23.4 Å². The maximum absolute atomic E-state index is 13.7. The van der Waals surface area contributed by atoms with Crippen molar-refractivity contribution >= 4 is 16.0 Å². The minimum absolute atomic E-state index is 0.112. The van der Waals surface area contributed by atoms with Crippen LogP contribution in [-0.2, 0) is 14.8 Å². The van der Waals surface area contributed by atoms with E-state index in [4.69, 9.17) is 18.9 Å². The smallest absolute Gasteiger partial charge is 0.243 e. The molecular formula is C25H29N7O6S. The summed E-state index contributed by atoms with van der Waals surface area (Å²) in [5.74, 6) is 1.78. The molecule has 0 spiro atoms. The minimum atomic E-state index is -4.11. The Labute approximate surface area is 226 Å². The van der Waals surface area contributed by atoms with Crippen LogP contribution in [-0.4, -0.2) is 71.8 Å². The van der Waals surface area contributed by atoms with Gasteiger partial charge >= 0.3 is 0 Å². The average Bonchev–Trinajstić information content (AvgIpc) is 3.35. The van der Waals surface area contributed by atoms with Crippen molar-refractivity contribution < 1.29 is 27.4 Å². The number of hydrogen-bond acceptors (Lipinski definition) is 11. The van der Waals surface area contributed by atoms with Crippen molar-refractivity contribution in [3.63, 3.8) is 0 Å². The Hall–Kier alpha value is -4.30. The molecule has 39 heavy (non-hydrogen) atoms. The Morgan fingerprint density at radius 1 is 0.897 bits per heavy atom. The molecule has 4 aromatic rings. The Balaban J connectivity index is 1.85. The molecule has 206 valence electrons. The van der Waals surface area contributed by atoms with Crippen LogP contribution in [0.2, 0.25) is 0 Å². The van der Waals surface area contributed by atoms with E-state index in [1.165, 1.54) is 52.3 Å². The predicted octanol–water partition coefficient (Wildman–Crippen LogP) is 2.97. The van der Waals surface area contributed by atoms with Gasteiger partial charge in [-0.1, -0.05) is 12.1 Å². The van der Waals surface area contributed by atoms with Gasteiger partial charge in [0.25, 0.3) is 0 Å². The third-order valence-corrected chi connectivity index (χ3v) is 7.68. The molecule has 0 unspecified atom stereocenters. The molecule has 0 saturated heterocycles. The van der Waals surface area contributed by atoms with Gasteiger partial charge in [-0.15, -0.1) is 10.2 Å². The lowest BCUT2D eigenvalue weighted by atomic mass is 10.1. The first-order chi connectivity index (χ1) is 18.7. The lowest BCUT2D eigenvalue weighted by Crippen LogP contribution is -2.33. The van der Waals surface area contributed by atoms with Crippen molar-refractivity contribution in [1.29, 1.82) is 0 Å². The van der Waals surface area contributed by atoms with Crippen molar-refractivity contribution in [3.8, 4) is 34.6 Å². The number of rotatable bonds is 11. The van der Waals surface area contributed by atoms with Gasteiger partial charge in [0.2, 0.25) is 21.9 Å². The van der Waals surface area contributed by atoms with Gasteiger partial charge in [0.05, 0.1) is 21.3 Å². The number of para-hydroxylation sites is 1. The number of sulfonamides is 1. The van der Waals surface area contributed by atoms with E-state index < -0.39 is 21.4 Å². The molecule has 0 amide bonds. The van der Waals surface area contributed by atoms with Crippen LogP contribution in [0.4, 0.5) is 5.95 Å². The second-order valence-corrected chi connectivity index (χ2v) is 10.4. The molecule has 0 radical (unpaired) electrons. The number of hydrogen-bond donors (Lipinski definition) is 1. The zero-order chi connectivity index (χ0) is 28.2. The van der Waals surface area contributed by atoms with Gasteiger partial charge < -0.3 is 18.9 Å². The van der Waals surface area contributed by atoms with Gasteiger partial charge in [0, 0.05) is 31.1 Å². The number of methoxy groups -OCH3 is 4. The van der Waals surface area contributed by atoms with Gasteiger partial charge in [-0.3, -0.25) is 9.29 Å². The van der Waals surface area contributed by atoms with E-state index in [0.717, 1.165) is 0 Å². The number of nitrogens with zero attached hydrogens (tertiary/aromatic N) is 6. The Bertz CT molecular complexity index is 1520.